The van der Waals surface area contributed by atoms with Crippen LogP contribution >= 0.6 is 0 Å². The minimum absolute atomic E-state index is 0.407. The van der Waals surface area contributed by atoms with Gasteiger partial charge in [0.15, 0.2) is 0 Å². The lowest BCUT2D eigenvalue weighted by atomic mass is 10.00. The molecular weight excluding hydrogens is 164 g/mol. The number of hydrogen-bond donors (Lipinski definition) is 0. The van der Waals surface area contributed by atoms with Crippen LogP contribution in [0.3, 0.4) is 0 Å². The monoisotopic (exact) mass is 186 g/mol. The van der Waals surface area contributed by atoms with Crippen LogP contribution in [-0.4, -0.2) is 19.0 Å². The fraction of sp³-hybridized carbons (Fsp3) is 0.909. The van der Waals surface area contributed by atoms with Crippen molar-refractivity contribution in [3.63, 3.8) is 0 Å². The van der Waals surface area contributed by atoms with Crippen molar-refractivity contribution in [3.8, 4) is 0 Å². The Balaban J connectivity index is 0.000000396. The molecule has 0 atom stereocenters. The third-order valence-corrected chi connectivity index (χ3v) is 1.48. The maximum Gasteiger partial charge on any atom is 0.133 e. The van der Waals surface area contributed by atoms with E-state index in [0.717, 1.165) is 26.1 Å². The molecule has 0 saturated carbocycles. The molecule has 1 aliphatic heterocycles. The predicted octanol–water partition coefficient (Wildman–Crippen LogP) is 2.66. The highest BCUT2D eigenvalue weighted by molar-refractivity contribution is 5.78. The Morgan fingerprint density at radius 3 is 1.54 bits per heavy atom. The van der Waals surface area contributed by atoms with Gasteiger partial charge in [0.1, 0.15) is 5.78 Å². The third kappa shape index (κ3) is 14.5. The molecule has 0 radical (unpaired) electrons. The minimum atomic E-state index is 0.407. The molecule has 2 nitrogen and oxygen atoms in total. The molecule has 1 rings (SSSR count). The first kappa shape index (κ1) is 12.6. The molecule has 0 unspecified atom stereocenters. The topological polar surface area (TPSA) is 29.6 Å². The first-order chi connectivity index (χ1) is 6.02. The number of ether oxygens (including phenoxy) is 1. The molecule has 1 heterocycles. The summed E-state index contributed by atoms with van der Waals surface area (Å²) in [7, 11) is 0. The second kappa shape index (κ2) is 7.07. The molecule has 0 aliphatic carbocycles. The average Bonchev–Trinajstić information content (AvgIpc) is 2.64. The summed E-state index contributed by atoms with van der Waals surface area (Å²) in [6.07, 6.45) is 1.50. The van der Waals surface area contributed by atoms with Crippen LogP contribution in [0.15, 0.2) is 0 Å². The largest absolute Gasteiger partial charge is 0.377 e. The number of Topliss-reactive ketones (excluding diaryl/α,β-unsaturated/α-hetero) is 1. The summed E-state index contributed by atoms with van der Waals surface area (Å²) in [4.78, 5) is 11.1. The zero-order valence-electron chi connectivity index (χ0n) is 9.30. The van der Waals surface area contributed by atoms with Gasteiger partial charge in [0.2, 0.25) is 0 Å². The fourth-order valence-electron chi connectivity index (χ4n) is 0.994. The summed E-state index contributed by atoms with van der Waals surface area (Å²) in [6.45, 7) is 10.3. The Bertz CT molecular complexity index is 122. The molecule has 0 spiro atoms. The molecule has 78 valence electrons. The lowest BCUT2D eigenvalue weighted by molar-refractivity contribution is -0.120. The van der Waals surface area contributed by atoms with Gasteiger partial charge in [-0.2, -0.15) is 0 Å². The van der Waals surface area contributed by atoms with Gasteiger partial charge in [-0.05, 0) is 11.8 Å². The van der Waals surface area contributed by atoms with E-state index in [1.807, 2.05) is 0 Å². The molecule has 0 aromatic carbocycles. The van der Waals surface area contributed by atoms with Gasteiger partial charge in [-0.25, -0.2) is 0 Å². The Hall–Kier alpha value is -0.370. The molecule has 0 aromatic rings. The average molecular weight is 186 g/mol. The van der Waals surface area contributed by atoms with Crippen LogP contribution in [0.4, 0.5) is 0 Å². The van der Waals surface area contributed by atoms with Crippen molar-refractivity contribution in [2.24, 2.45) is 11.8 Å². The van der Waals surface area contributed by atoms with Crippen molar-refractivity contribution >= 4 is 5.78 Å². The van der Waals surface area contributed by atoms with Crippen molar-refractivity contribution < 1.29 is 9.53 Å². The maximum atomic E-state index is 11.1. The lowest BCUT2D eigenvalue weighted by Crippen LogP contribution is -2.05. The second-order valence-corrected chi connectivity index (χ2v) is 4.35. The zero-order chi connectivity index (χ0) is 10.3. The maximum absolute atomic E-state index is 11.1. The molecule has 1 aliphatic rings. The zero-order valence-corrected chi connectivity index (χ0v) is 9.30. The summed E-state index contributed by atoms with van der Waals surface area (Å²) >= 11 is 0. The van der Waals surface area contributed by atoms with E-state index in [1.165, 1.54) is 0 Å². The van der Waals surface area contributed by atoms with Crippen molar-refractivity contribution in [2.45, 2.75) is 40.5 Å². The third-order valence-electron chi connectivity index (χ3n) is 1.48. The van der Waals surface area contributed by atoms with Gasteiger partial charge in [-0.15, -0.1) is 0 Å². The first-order valence-electron chi connectivity index (χ1n) is 5.11. The Morgan fingerprint density at radius 2 is 1.38 bits per heavy atom. The standard InChI is InChI=1S/C9H18O.C2H4O/c1-7(2)5-9(10)6-8(3)4;1-2-3-1/h7-8H,5-6H2,1-4H3;1-2H2. The molecule has 2 heteroatoms. The summed E-state index contributed by atoms with van der Waals surface area (Å²) in [6, 6.07) is 0. The van der Waals surface area contributed by atoms with Crippen molar-refractivity contribution in [2.75, 3.05) is 13.2 Å². The second-order valence-electron chi connectivity index (χ2n) is 4.35. The fourth-order valence-corrected chi connectivity index (χ4v) is 0.994. The number of carbonyl (C=O) groups is 1. The van der Waals surface area contributed by atoms with E-state index >= 15 is 0 Å². The Labute approximate surface area is 81.7 Å². The molecule has 0 bridgehead atoms. The van der Waals surface area contributed by atoms with Crippen LogP contribution in [0.2, 0.25) is 0 Å². The summed E-state index contributed by atoms with van der Waals surface area (Å²) < 4.78 is 4.50. The van der Waals surface area contributed by atoms with Gasteiger partial charge >= 0.3 is 0 Å². The summed E-state index contributed by atoms with van der Waals surface area (Å²) in [5.41, 5.74) is 0. The quantitative estimate of drug-likeness (QED) is 0.632. The number of rotatable bonds is 4. The van der Waals surface area contributed by atoms with Crippen LogP contribution in [-0.2, 0) is 9.53 Å². The number of carbonyl (C=O) groups excluding carboxylic acids is 1. The molecule has 0 aromatic heterocycles. The van der Waals surface area contributed by atoms with Crippen LogP contribution in [0.5, 0.6) is 0 Å². The Kier molecular flexibility index (Phi) is 6.87. The summed E-state index contributed by atoms with van der Waals surface area (Å²) in [5.74, 6) is 1.45. The predicted molar refractivity (Wildman–Crippen MR) is 54.7 cm³/mol. The highest BCUT2D eigenvalue weighted by atomic mass is 16.6. The van der Waals surface area contributed by atoms with Crippen molar-refractivity contribution in [1.82, 2.24) is 0 Å². The lowest BCUT2D eigenvalue weighted by Gasteiger charge is -2.05. The molecular formula is C11H22O2. The highest BCUT2D eigenvalue weighted by Crippen LogP contribution is 2.07. The van der Waals surface area contributed by atoms with Crippen molar-refractivity contribution in [3.05, 3.63) is 0 Å². The first-order valence-corrected chi connectivity index (χ1v) is 5.11. The van der Waals surface area contributed by atoms with E-state index in [2.05, 4.69) is 32.4 Å². The summed E-state index contributed by atoms with van der Waals surface area (Å²) in [5, 5.41) is 0. The van der Waals surface area contributed by atoms with Gasteiger partial charge < -0.3 is 4.74 Å². The van der Waals surface area contributed by atoms with E-state index in [9.17, 15) is 4.79 Å². The van der Waals surface area contributed by atoms with E-state index in [1.54, 1.807) is 0 Å². The van der Waals surface area contributed by atoms with Crippen LogP contribution in [0.25, 0.3) is 0 Å². The highest BCUT2D eigenvalue weighted by Gasteiger charge is 2.06. The van der Waals surface area contributed by atoms with Gasteiger partial charge in [0.25, 0.3) is 0 Å². The van der Waals surface area contributed by atoms with Gasteiger partial charge in [-0.1, -0.05) is 27.7 Å². The Morgan fingerprint density at radius 1 is 1.08 bits per heavy atom. The SMILES string of the molecule is C1CO1.CC(C)CC(=O)CC(C)C. The number of hydrogen-bond acceptors (Lipinski definition) is 2. The van der Waals surface area contributed by atoms with Crippen LogP contribution in [0, 0.1) is 11.8 Å². The van der Waals surface area contributed by atoms with E-state index in [0.29, 0.717) is 17.6 Å². The normalized spacial score (nSPS) is 14.0. The molecule has 1 fully saturated rings. The van der Waals surface area contributed by atoms with E-state index < -0.39 is 0 Å². The minimum Gasteiger partial charge on any atom is -0.377 e. The van der Waals surface area contributed by atoms with Crippen LogP contribution < -0.4 is 0 Å². The van der Waals surface area contributed by atoms with E-state index in [4.69, 9.17) is 0 Å². The molecule has 1 saturated heterocycles. The molecule has 0 amide bonds. The number of epoxide rings is 1. The van der Waals surface area contributed by atoms with Gasteiger partial charge in [0, 0.05) is 12.8 Å². The number of ketones is 1. The molecule has 13 heavy (non-hydrogen) atoms. The van der Waals surface area contributed by atoms with Gasteiger partial charge in [-0.3, -0.25) is 4.79 Å². The smallest absolute Gasteiger partial charge is 0.133 e. The molecule has 0 N–H and O–H groups in total. The van der Waals surface area contributed by atoms with Crippen molar-refractivity contribution in [1.29, 1.82) is 0 Å². The van der Waals surface area contributed by atoms with Crippen LogP contribution in [0.1, 0.15) is 40.5 Å². The van der Waals surface area contributed by atoms with E-state index in [-0.39, 0.29) is 0 Å². The van der Waals surface area contributed by atoms with Gasteiger partial charge in [0.05, 0.1) is 13.2 Å².